The van der Waals surface area contributed by atoms with E-state index in [0.29, 0.717) is 0 Å². The van der Waals surface area contributed by atoms with Gasteiger partial charge in [0.15, 0.2) is 0 Å². The zero-order valence-electron chi connectivity index (χ0n) is 158. The molecule has 31 aromatic rings. The van der Waals surface area contributed by atoms with Crippen LogP contribution in [0.5, 0.6) is 0 Å². The molecule has 0 atom stereocenters. The highest BCUT2D eigenvalue weighted by Crippen LogP contribution is 2.53. The molecule has 3 heterocycles. The minimum absolute atomic E-state index is 0.409. The van der Waals surface area contributed by atoms with Crippen LogP contribution >= 0.6 is 0 Å². The van der Waals surface area contributed by atoms with Gasteiger partial charge in [-0.15, -0.1) is 0 Å². The van der Waals surface area contributed by atoms with Gasteiger partial charge in [-0.2, -0.15) is 0 Å². The Morgan fingerprint density at radius 1 is 0.110 bits per heavy atom. The van der Waals surface area contributed by atoms with E-state index in [2.05, 4.69) is 0 Å². The summed E-state index contributed by atoms with van der Waals surface area (Å²) in [5.74, 6) is 0. The molecule has 0 aliphatic heterocycles. The summed E-state index contributed by atoms with van der Waals surface area (Å²) in [6.45, 7) is 0. The third kappa shape index (κ3) is 13.7. The molecule has 31 rings (SSSR count). The van der Waals surface area contributed by atoms with E-state index in [1.807, 2.05) is 0 Å². The molecule has 0 saturated heterocycles. The van der Waals surface area contributed by atoms with E-state index in [0.717, 1.165) is 0 Å². The van der Waals surface area contributed by atoms with Crippen molar-refractivity contribution in [3.63, 3.8) is 0 Å². The molecule has 0 fully saturated rings. The molecular formula is C142H86O3. The lowest BCUT2D eigenvalue weighted by molar-refractivity contribution is 0.669. The normalized spacial score (nSPS) is 20.2. The highest BCUT2D eigenvalue weighted by Gasteiger charge is 2.26. The lowest BCUT2D eigenvalue weighted by atomic mass is 9.85. The monoisotopic (exact) mass is 1930 g/mol. The van der Waals surface area contributed by atoms with E-state index in [9.17, 15) is 42.5 Å². The van der Waals surface area contributed by atoms with Gasteiger partial charge < -0.3 is 13.3 Å². The Kier molecular flexibility index (Phi) is 7.98. The lowest BCUT2D eigenvalue weighted by Gasteiger charge is -2.18. The Bertz CT molecular complexity index is 16300. The van der Waals surface area contributed by atoms with Gasteiger partial charge in [0.2, 0.25) is 0 Å². The van der Waals surface area contributed by atoms with Crippen LogP contribution in [0, 0.1) is 0 Å². The van der Waals surface area contributed by atoms with Crippen LogP contribution in [-0.2, 0) is 0 Å². The SMILES string of the molecule is [2H]c1c([2H])c(-c2c([2H])c([2H])c([2H])c3c([2H])c([2H])c([2H])c([2H])c23)c([2H])c(-c2c3c([2H])c([2H])c([2H])c([2H])c3c(-c3c([2H])c([2H])c4oc5c([2H])c([2H])c6c([2H])c([2H])c([2H])c([2H])c6c5c4c3[2H])c3c([2H])c([2H])c([2H])c([2H])c23)c1[2H].[2H]c1c([2H])c(-c2c([2H])c([2H])c3c([2H])c([2H])c([2H])c([2H])c3c2[2H])c([2H])c(-c2c3c([2H])c([2H])c([2H])c([2H])c3c(-c3c([2H])c([2H])c4oc5c([2H])c([2H])c6c([2H])c([2H])c([2H])c([2H])c6c5c4c3[2H])c3c([2H])c([2H])c([2H])c([2H])c23)c1[2H].[2H]c1c([2H])c(-c2c3c([2H])c([2H])c([2H])c([2H])c3c(-c3c([2H])c([2H])c4oc5c([2H])c([2H])c6c([2H])c([2H])c([2H])c([2H])c6c5c4c3[2H])c3c([2H])c([2H])c([2H])c([2H])c23)c([2H])c(-c2c([2H])c3c([2H])c([2H])c([2H])c([2H])c3c3c([2H])c([2H])c([2H])c([2H])c23)c1[2H]. The highest BCUT2D eigenvalue weighted by molar-refractivity contribution is 6.29. The smallest absolute Gasteiger partial charge is 0.136 e. The van der Waals surface area contributed by atoms with Crippen molar-refractivity contribution in [1.29, 1.82) is 0 Å². The molecule has 0 radical (unpaired) electrons. The zero-order chi connectivity index (χ0) is 170. The highest BCUT2D eigenvalue weighted by atomic mass is 16.3. The Balaban J connectivity index is 0.000000145. The fourth-order valence-corrected chi connectivity index (χ4v) is 18.0. The number of hydrogen-bond donors (Lipinski definition) is 0. The fourth-order valence-electron chi connectivity index (χ4n) is 18.0. The van der Waals surface area contributed by atoms with Crippen LogP contribution in [0.25, 0.3) is 306 Å². The Hall–Kier alpha value is -19.1. The van der Waals surface area contributed by atoms with Gasteiger partial charge in [-0.3, -0.25) is 0 Å². The van der Waals surface area contributed by atoms with Gasteiger partial charge in [-0.05, 0) is 325 Å². The van der Waals surface area contributed by atoms with Crippen molar-refractivity contribution in [1.82, 2.24) is 0 Å². The van der Waals surface area contributed by atoms with Crippen LogP contribution < -0.4 is 0 Å². The summed E-state index contributed by atoms with van der Waals surface area (Å²) in [4.78, 5) is 0. The second-order valence-electron chi connectivity index (χ2n) is 31.8. The maximum Gasteiger partial charge on any atom is 0.136 e. The first-order chi connectivity index (χ1) is 108. The van der Waals surface area contributed by atoms with Crippen LogP contribution in [0.4, 0.5) is 0 Å². The zero-order valence-corrected chi connectivity index (χ0v) is 72.2. The minimum Gasteiger partial charge on any atom is -0.456 e. The maximum absolute atomic E-state index is 10.1. The molecule has 672 valence electrons. The van der Waals surface area contributed by atoms with Crippen LogP contribution in [0.2, 0.25) is 0 Å². The first-order valence-corrected chi connectivity index (χ1v) is 43.0. The van der Waals surface area contributed by atoms with Gasteiger partial charge in [0.1, 0.15) is 33.5 Å². The first-order valence-electron chi connectivity index (χ1n) is 86.0. The Morgan fingerprint density at radius 2 is 0.345 bits per heavy atom. The predicted molar refractivity (Wildman–Crippen MR) is 618 cm³/mol. The summed E-state index contributed by atoms with van der Waals surface area (Å²) >= 11 is 0. The Labute approximate surface area is 955 Å². The van der Waals surface area contributed by atoms with Crippen molar-refractivity contribution in [3.8, 4) is 100 Å². The molecule has 28 aromatic carbocycles. The van der Waals surface area contributed by atoms with Gasteiger partial charge >= 0.3 is 0 Å². The molecule has 0 spiro atoms. The van der Waals surface area contributed by atoms with Crippen molar-refractivity contribution in [3.05, 3.63) is 520 Å². The molecular weight excluding hydrogens is 1750 g/mol. The van der Waals surface area contributed by atoms with Crippen molar-refractivity contribution >= 4 is 206 Å². The first kappa shape index (κ1) is 34.1. The standard InChI is InChI=1S/C50H30O.2C46H28O/c1-4-17-37-31(12-1)24-27-47-50(37)45-30-35(25-26-46(45)51-47)49-42-22-9-7-20-40(42)48(41-21-8-10-23-43(41)49)34-15-11-14-32(28-34)44-29-33-13-2-3-16-36(33)38-18-5-6-19-39(38)44;1-3-16-34-29(11-1)13-10-22-35(34)31-14-9-15-32(27-31)44-37-18-5-7-20-39(37)45(40-21-8-6-19-38(40)44)33-24-25-42-41(28-33)46-36-17-4-2-12-30(36)23-26-43(46)47-42;1-2-12-31-26-33(21-20-29(31)10-1)32-13-9-14-34(27-32)44-37-16-5-7-18-39(37)45(40-19-8-6-17-38(40)44)35-23-24-42-41(28-35)46-36-15-4-3-11-30(36)22-25-43(46)47-42/h1-30H;2*1-28H/i1D,2D,3D,4D,5D,6D,7D,8D,9D,10D,11D,12D,13D,14D,15D,16D,17D,18D,19D,20D,21D,22D,23D,24D,25D,26D,27D,28D,29D,30D;2*1D,2D,3D,4D,5D,6D,7D,8D,9D,10D,11D,12D,13D,14D,15D,16D,17D,18D,19D,20D,21D,22D,23D,24D,25D,26D,27D,28D. The number of furan rings is 3. The van der Waals surface area contributed by atoms with Crippen molar-refractivity contribution in [2.75, 3.05) is 0 Å². The number of benzene rings is 28. The van der Waals surface area contributed by atoms with Gasteiger partial charge in [0, 0.05) is 32.3 Å². The van der Waals surface area contributed by atoms with Crippen LogP contribution in [0.3, 0.4) is 0 Å². The second kappa shape index (κ2) is 33.9. The van der Waals surface area contributed by atoms with Crippen molar-refractivity contribution < 1.29 is 131 Å². The Morgan fingerprint density at radius 3 is 0.724 bits per heavy atom. The van der Waals surface area contributed by atoms with E-state index in [4.69, 9.17) is 88.6 Å². The second-order valence-corrected chi connectivity index (χ2v) is 31.8. The minimum atomic E-state index is -1.14. The van der Waals surface area contributed by atoms with E-state index in [-0.39, 0.29) is 0 Å². The van der Waals surface area contributed by atoms with Crippen LogP contribution in [0.15, 0.2) is 533 Å². The summed E-state index contributed by atoms with van der Waals surface area (Å²) in [7, 11) is 0. The number of rotatable bonds is 9. The molecule has 0 aliphatic carbocycles. The summed E-state index contributed by atoms with van der Waals surface area (Å²) in [5.41, 5.74) is -18.4. The molecule has 0 saturated carbocycles. The molecule has 0 bridgehead atoms. The van der Waals surface area contributed by atoms with Gasteiger partial charge in [-0.25, -0.2) is 0 Å². The average Bonchev–Trinajstić information content (AvgIpc) is 1.65. The molecule has 0 aliphatic rings. The molecule has 0 amide bonds. The fraction of sp³-hybridized carbons (Fsp3) is 0. The summed E-state index contributed by atoms with van der Waals surface area (Å²) < 4.78 is 796. The van der Waals surface area contributed by atoms with Crippen LogP contribution in [0.1, 0.15) is 118 Å². The van der Waals surface area contributed by atoms with Gasteiger partial charge in [0.05, 0.1) is 118 Å². The van der Waals surface area contributed by atoms with Gasteiger partial charge in [-0.1, -0.05) is 435 Å². The van der Waals surface area contributed by atoms with Gasteiger partial charge in [0.25, 0.3) is 0 Å². The summed E-state index contributed by atoms with van der Waals surface area (Å²) in [6.07, 6.45) is 0. The quantitative estimate of drug-likeness (QED) is 0.107. The lowest BCUT2D eigenvalue weighted by Crippen LogP contribution is -1.91. The van der Waals surface area contributed by atoms with Crippen molar-refractivity contribution in [2.24, 2.45) is 0 Å². The van der Waals surface area contributed by atoms with E-state index < -0.39 is 826 Å². The largest absolute Gasteiger partial charge is 0.456 e. The topological polar surface area (TPSA) is 39.4 Å². The van der Waals surface area contributed by atoms with E-state index in [1.54, 1.807) is 0 Å². The van der Waals surface area contributed by atoms with Crippen molar-refractivity contribution in [2.45, 2.75) is 0 Å². The number of fused-ring (bicyclic) bond motifs is 26. The van der Waals surface area contributed by atoms with E-state index in [1.165, 1.54) is 0 Å². The van der Waals surface area contributed by atoms with Crippen LogP contribution in [-0.4, -0.2) is 0 Å². The molecule has 3 aromatic heterocycles. The van der Waals surface area contributed by atoms with E-state index >= 15 is 0 Å². The molecule has 0 N–H and O–H groups in total. The predicted octanol–water partition coefficient (Wildman–Crippen LogP) is 40.8. The average molecular weight is 1930 g/mol. The molecule has 3 heteroatoms. The molecule has 0 unspecified atom stereocenters. The molecule has 145 heavy (non-hydrogen) atoms. The number of hydrogen-bond acceptors (Lipinski definition) is 3. The molecule has 3 nitrogen and oxygen atoms in total. The maximum atomic E-state index is 10.1. The third-order valence-electron chi connectivity index (χ3n) is 24.0. The third-order valence-corrected chi connectivity index (χ3v) is 24.0. The summed E-state index contributed by atoms with van der Waals surface area (Å²) in [6, 6.07) is -80.5. The summed E-state index contributed by atoms with van der Waals surface area (Å²) in [5, 5.41) is -20.1.